The van der Waals surface area contributed by atoms with Gasteiger partial charge in [-0.15, -0.1) is 0 Å². The van der Waals surface area contributed by atoms with Crippen LogP contribution in [0.1, 0.15) is 11.1 Å². The van der Waals surface area contributed by atoms with Gasteiger partial charge < -0.3 is 9.88 Å². The van der Waals surface area contributed by atoms with Crippen LogP contribution in [0.25, 0.3) is 22.0 Å². The van der Waals surface area contributed by atoms with E-state index in [9.17, 15) is 9.18 Å². The van der Waals surface area contributed by atoms with Crippen LogP contribution in [-0.2, 0) is 17.8 Å². The second kappa shape index (κ2) is 9.45. The molecule has 0 fully saturated rings. The Balaban J connectivity index is 1.49. The number of aromatic amines is 1. The molecule has 2 heterocycles. The molecule has 0 saturated carbocycles. The predicted octanol–water partition coefficient (Wildman–Crippen LogP) is 6.19. The Kier molecular flexibility index (Phi) is 6.06. The van der Waals surface area contributed by atoms with Crippen molar-refractivity contribution in [3.8, 4) is 11.3 Å². The molecule has 0 aliphatic rings. The molecular formula is C27H20ClFN4O. The SMILES string of the molecule is O=C(Cc1cncc2ccccc12)N(Cc1cc(F)cc(Cl)c1)c1ccc(-c2c[nH]cn2)cc1. The third kappa shape index (κ3) is 4.67. The summed E-state index contributed by atoms with van der Waals surface area (Å²) >= 11 is 6.07. The van der Waals surface area contributed by atoms with Crippen LogP contribution in [0.2, 0.25) is 5.02 Å². The van der Waals surface area contributed by atoms with Crippen molar-refractivity contribution < 1.29 is 9.18 Å². The number of anilines is 1. The number of hydrogen-bond donors (Lipinski definition) is 1. The predicted molar refractivity (Wildman–Crippen MR) is 132 cm³/mol. The third-order valence-corrected chi connectivity index (χ3v) is 5.85. The monoisotopic (exact) mass is 470 g/mol. The van der Waals surface area contributed by atoms with E-state index in [0.717, 1.165) is 27.6 Å². The number of amides is 1. The fourth-order valence-electron chi connectivity index (χ4n) is 4.02. The fourth-order valence-corrected chi connectivity index (χ4v) is 4.26. The molecule has 2 aromatic heterocycles. The standard InChI is InChI=1S/C27H20ClFN4O/c28-22-9-18(10-23(29)12-22)16-33(24-7-5-19(6-8-24)26-15-31-17-32-26)27(34)11-21-14-30-13-20-3-1-2-4-25(20)21/h1-10,12-15,17H,11,16H2,(H,31,32). The molecule has 7 heteroatoms. The van der Waals surface area contributed by atoms with Crippen LogP contribution in [0, 0.1) is 5.82 Å². The summed E-state index contributed by atoms with van der Waals surface area (Å²) in [6, 6.07) is 19.7. The Morgan fingerprint density at radius 3 is 2.62 bits per heavy atom. The number of nitrogens with one attached hydrogen (secondary N) is 1. The number of rotatable bonds is 6. The molecule has 0 aliphatic heterocycles. The van der Waals surface area contributed by atoms with E-state index in [-0.39, 0.29) is 23.9 Å². The van der Waals surface area contributed by atoms with E-state index in [1.165, 1.54) is 12.1 Å². The summed E-state index contributed by atoms with van der Waals surface area (Å²) in [5, 5.41) is 2.24. The number of nitrogens with zero attached hydrogens (tertiary/aromatic N) is 3. The van der Waals surface area contributed by atoms with Crippen LogP contribution in [-0.4, -0.2) is 20.9 Å². The minimum atomic E-state index is -0.443. The number of carbonyl (C=O) groups excluding carboxylic acids is 1. The first kappa shape index (κ1) is 21.8. The maximum Gasteiger partial charge on any atom is 0.231 e. The quantitative estimate of drug-likeness (QED) is 0.321. The number of carbonyl (C=O) groups is 1. The van der Waals surface area contributed by atoms with E-state index in [1.54, 1.807) is 35.9 Å². The van der Waals surface area contributed by atoms with E-state index in [4.69, 9.17) is 11.6 Å². The molecule has 1 N–H and O–H groups in total. The highest BCUT2D eigenvalue weighted by Gasteiger charge is 2.19. The number of hydrogen-bond acceptors (Lipinski definition) is 3. The van der Waals surface area contributed by atoms with Crippen LogP contribution in [0.3, 0.4) is 0 Å². The van der Waals surface area contributed by atoms with Crippen molar-refractivity contribution in [1.82, 2.24) is 15.0 Å². The molecule has 0 saturated heterocycles. The molecule has 5 nitrogen and oxygen atoms in total. The summed E-state index contributed by atoms with van der Waals surface area (Å²) < 4.78 is 14.0. The van der Waals surface area contributed by atoms with E-state index >= 15 is 0 Å². The zero-order valence-electron chi connectivity index (χ0n) is 18.1. The lowest BCUT2D eigenvalue weighted by Gasteiger charge is -2.24. The number of halogens is 2. The van der Waals surface area contributed by atoms with Gasteiger partial charge in [0.05, 0.1) is 25.0 Å². The Morgan fingerprint density at radius 2 is 1.85 bits per heavy atom. The highest BCUT2D eigenvalue weighted by Crippen LogP contribution is 2.26. The Morgan fingerprint density at radius 1 is 1.03 bits per heavy atom. The molecule has 0 atom stereocenters. The Labute approximate surface area is 200 Å². The molecule has 0 radical (unpaired) electrons. The number of aromatic nitrogens is 3. The molecular weight excluding hydrogens is 451 g/mol. The Hall–Kier alpha value is -4.03. The van der Waals surface area contributed by atoms with Gasteiger partial charge in [0.25, 0.3) is 0 Å². The van der Waals surface area contributed by atoms with Gasteiger partial charge in [-0.25, -0.2) is 9.37 Å². The third-order valence-electron chi connectivity index (χ3n) is 5.63. The summed E-state index contributed by atoms with van der Waals surface area (Å²) in [5.74, 6) is -0.576. The maximum absolute atomic E-state index is 14.0. The molecule has 3 aromatic carbocycles. The maximum atomic E-state index is 14.0. The summed E-state index contributed by atoms with van der Waals surface area (Å²) in [4.78, 5) is 26.7. The summed E-state index contributed by atoms with van der Waals surface area (Å²) in [5.41, 5.74) is 3.86. The number of imidazole rings is 1. The molecule has 0 aliphatic carbocycles. The number of H-pyrrole nitrogens is 1. The number of pyridine rings is 1. The normalized spacial score (nSPS) is 11.0. The van der Waals surface area contributed by atoms with Gasteiger partial charge in [-0.1, -0.05) is 48.0 Å². The molecule has 1 amide bonds. The molecule has 0 unspecified atom stereocenters. The first-order valence-corrected chi connectivity index (χ1v) is 11.1. The van der Waals surface area contributed by atoms with Gasteiger partial charge >= 0.3 is 0 Å². The minimum absolute atomic E-state index is 0.133. The first-order valence-electron chi connectivity index (χ1n) is 10.7. The molecule has 0 spiro atoms. The molecule has 0 bridgehead atoms. The van der Waals surface area contributed by atoms with Crippen LogP contribution in [0.5, 0.6) is 0 Å². The highest BCUT2D eigenvalue weighted by atomic mass is 35.5. The second-order valence-electron chi connectivity index (χ2n) is 7.96. The van der Waals surface area contributed by atoms with Crippen molar-refractivity contribution in [2.45, 2.75) is 13.0 Å². The molecule has 34 heavy (non-hydrogen) atoms. The number of fused-ring (bicyclic) bond motifs is 1. The first-order chi connectivity index (χ1) is 16.6. The molecule has 5 aromatic rings. The second-order valence-corrected chi connectivity index (χ2v) is 8.39. The van der Waals surface area contributed by atoms with Gasteiger partial charge in [-0.2, -0.15) is 0 Å². The lowest BCUT2D eigenvalue weighted by Crippen LogP contribution is -2.32. The van der Waals surface area contributed by atoms with E-state index in [1.807, 2.05) is 48.5 Å². The molecule has 168 valence electrons. The van der Waals surface area contributed by atoms with Crippen molar-refractivity contribution in [3.63, 3.8) is 0 Å². The van der Waals surface area contributed by atoms with Crippen molar-refractivity contribution >= 4 is 34.0 Å². The van der Waals surface area contributed by atoms with Gasteiger partial charge in [0.2, 0.25) is 5.91 Å². The van der Waals surface area contributed by atoms with E-state index in [2.05, 4.69) is 15.0 Å². The fraction of sp³-hybridized carbons (Fsp3) is 0.0741. The largest absolute Gasteiger partial charge is 0.351 e. The van der Waals surface area contributed by atoms with Crippen molar-refractivity contribution in [2.75, 3.05) is 4.90 Å². The van der Waals surface area contributed by atoms with Crippen molar-refractivity contribution in [3.05, 3.63) is 114 Å². The lowest BCUT2D eigenvalue weighted by atomic mass is 10.0. The minimum Gasteiger partial charge on any atom is -0.351 e. The number of benzene rings is 3. The average molecular weight is 471 g/mol. The topological polar surface area (TPSA) is 61.9 Å². The summed E-state index contributed by atoms with van der Waals surface area (Å²) in [6.07, 6.45) is 7.07. The summed E-state index contributed by atoms with van der Waals surface area (Å²) in [7, 11) is 0. The van der Waals surface area contributed by atoms with Crippen LogP contribution >= 0.6 is 11.6 Å². The van der Waals surface area contributed by atoms with Gasteiger partial charge in [0.15, 0.2) is 0 Å². The molecule has 5 rings (SSSR count). The van der Waals surface area contributed by atoms with Crippen LogP contribution in [0.15, 0.2) is 91.6 Å². The lowest BCUT2D eigenvalue weighted by molar-refractivity contribution is -0.118. The zero-order chi connectivity index (χ0) is 23.5. The van der Waals surface area contributed by atoms with Gasteiger partial charge in [-0.3, -0.25) is 9.78 Å². The summed E-state index contributed by atoms with van der Waals surface area (Å²) in [6.45, 7) is 0.177. The van der Waals surface area contributed by atoms with E-state index < -0.39 is 5.82 Å². The van der Waals surface area contributed by atoms with Crippen molar-refractivity contribution in [2.24, 2.45) is 0 Å². The van der Waals surface area contributed by atoms with Gasteiger partial charge in [0, 0.05) is 40.3 Å². The van der Waals surface area contributed by atoms with Gasteiger partial charge in [-0.05, 0) is 46.8 Å². The van der Waals surface area contributed by atoms with Crippen LogP contribution in [0.4, 0.5) is 10.1 Å². The van der Waals surface area contributed by atoms with Crippen molar-refractivity contribution in [1.29, 1.82) is 0 Å². The smallest absolute Gasteiger partial charge is 0.231 e. The zero-order valence-corrected chi connectivity index (χ0v) is 18.8. The average Bonchev–Trinajstić information content (AvgIpc) is 3.37. The van der Waals surface area contributed by atoms with Crippen LogP contribution < -0.4 is 4.90 Å². The Bertz CT molecular complexity index is 1430. The van der Waals surface area contributed by atoms with E-state index in [0.29, 0.717) is 11.3 Å². The van der Waals surface area contributed by atoms with Gasteiger partial charge in [0.1, 0.15) is 5.82 Å². The highest BCUT2D eigenvalue weighted by molar-refractivity contribution is 6.30.